The van der Waals surface area contributed by atoms with E-state index in [1.165, 1.54) is 11.1 Å². The number of aromatic nitrogens is 1. The third-order valence-corrected chi connectivity index (χ3v) is 2.69. The molecule has 0 bridgehead atoms. The molecule has 1 aromatic carbocycles. The van der Waals surface area contributed by atoms with Crippen LogP contribution in [0, 0.1) is 6.92 Å². The highest BCUT2D eigenvalue weighted by atomic mass is 16.5. The van der Waals surface area contributed by atoms with Gasteiger partial charge in [-0.1, -0.05) is 29.4 Å². The Bertz CT molecular complexity index is 462. The number of aryl methyl sites for hydroxylation is 1. The third-order valence-electron chi connectivity index (χ3n) is 2.69. The Morgan fingerprint density at radius 2 is 2.06 bits per heavy atom. The summed E-state index contributed by atoms with van der Waals surface area (Å²) in [5.41, 5.74) is 4.57. The van der Waals surface area contributed by atoms with Crippen LogP contribution < -0.4 is 5.32 Å². The molecule has 2 aromatic rings. The molecule has 0 saturated carbocycles. The SMILES string of the molecule is CNCCc1nocc1-c1ccccc1C. The quantitative estimate of drug-likeness (QED) is 0.853. The lowest BCUT2D eigenvalue weighted by Gasteiger charge is -2.04. The lowest BCUT2D eigenvalue weighted by molar-refractivity contribution is 0.411. The number of likely N-dealkylation sites (N-methyl/N-ethyl adjacent to an activating group) is 1. The monoisotopic (exact) mass is 216 g/mol. The maximum Gasteiger partial charge on any atom is 0.131 e. The van der Waals surface area contributed by atoms with E-state index in [4.69, 9.17) is 4.52 Å². The van der Waals surface area contributed by atoms with Gasteiger partial charge in [-0.2, -0.15) is 0 Å². The van der Waals surface area contributed by atoms with Crippen molar-refractivity contribution in [1.29, 1.82) is 0 Å². The molecule has 0 aliphatic carbocycles. The van der Waals surface area contributed by atoms with Gasteiger partial charge in [0.1, 0.15) is 6.26 Å². The van der Waals surface area contributed by atoms with Gasteiger partial charge < -0.3 is 9.84 Å². The number of hydrogen-bond donors (Lipinski definition) is 1. The van der Waals surface area contributed by atoms with Crippen molar-refractivity contribution < 1.29 is 4.52 Å². The Labute approximate surface area is 95.5 Å². The predicted molar refractivity (Wildman–Crippen MR) is 64.3 cm³/mol. The molecule has 0 saturated heterocycles. The summed E-state index contributed by atoms with van der Waals surface area (Å²) in [5, 5.41) is 7.17. The maximum absolute atomic E-state index is 5.07. The molecule has 0 atom stereocenters. The maximum atomic E-state index is 5.07. The van der Waals surface area contributed by atoms with E-state index in [0.29, 0.717) is 0 Å². The van der Waals surface area contributed by atoms with Crippen molar-refractivity contribution in [3.05, 3.63) is 41.8 Å². The van der Waals surface area contributed by atoms with Gasteiger partial charge in [0.2, 0.25) is 0 Å². The average molecular weight is 216 g/mol. The molecular formula is C13H16N2O. The zero-order valence-electron chi connectivity index (χ0n) is 9.66. The molecule has 0 spiro atoms. The minimum Gasteiger partial charge on any atom is -0.364 e. The molecule has 0 fully saturated rings. The van der Waals surface area contributed by atoms with Gasteiger partial charge in [-0.3, -0.25) is 0 Å². The van der Waals surface area contributed by atoms with Gasteiger partial charge in [-0.05, 0) is 25.1 Å². The van der Waals surface area contributed by atoms with Crippen molar-refractivity contribution in [1.82, 2.24) is 10.5 Å². The highest BCUT2D eigenvalue weighted by molar-refractivity contribution is 5.68. The molecule has 3 heteroatoms. The summed E-state index contributed by atoms with van der Waals surface area (Å²) in [6, 6.07) is 8.28. The lowest BCUT2D eigenvalue weighted by Crippen LogP contribution is -2.11. The van der Waals surface area contributed by atoms with Gasteiger partial charge in [-0.25, -0.2) is 0 Å². The van der Waals surface area contributed by atoms with Crippen molar-refractivity contribution in [3.63, 3.8) is 0 Å². The predicted octanol–water partition coefficient (Wildman–Crippen LogP) is 2.41. The Hall–Kier alpha value is -1.61. The highest BCUT2D eigenvalue weighted by Crippen LogP contribution is 2.26. The lowest BCUT2D eigenvalue weighted by atomic mass is 10.0. The molecule has 84 valence electrons. The highest BCUT2D eigenvalue weighted by Gasteiger charge is 2.10. The summed E-state index contributed by atoms with van der Waals surface area (Å²) >= 11 is 0. The van der Waals surface area contributed by atoms with Crippen LogP contribution in [0.2, 0.25) is 0 Å². The van der Waals surface area contributed by atoms with Crippen molar-refractivity contribution >= 4 is 0 Å². The number of nitrogens with zero attached hydrogens (tertiary/aromatic N) is 1. The van der Waals surface area contributed by atoms with Gasteiger partial charge in [0.15, 0.2) is 0 Å². The van der Waals surface area contributed by atoms with Crippen molar-refractivity contribution in [2.45, 2.75) is 13.3 Å². The molecule has 0 unspecified atom stereocenters. The molecular weight excluding hydrogens is 200 g/mol. The van der Waals surface area contributed by atoms with Gasteiger partial charge in [-0.15, -0.1) is 0 Å². The van der Waals surface area contributed by atoms with E-state index in [0.717, 1.165) is 24.2 Å². The zero-order valence-corrected chi connectivity index (χ0v) is 9.66. The van der Waals surface area contributed by atoms with Gasteiger partial charge in [0.25, 0.3) is 0 Å². The standard InChI is InChI=1S/C13H16N2O/c1-10-5-3-4-6-11(10)12-9-16-15-13(12)7-8-14-2/h3-6,9,14H,7-8H2,1-2H3. The van der Waals surface area contributed by atoms with Gasteiger partial charge >= 0.3 is 0 Å². The normalized spacial score (nSPS) is 10.6. The van der Waals surface area contributed by atoms with Crippen LogP contribution in [0.5, 0.6) is 0 Å². The first-order valence-corrected chi connectivity index (χ1v) is 5.47. The van der Waals surface area contributed by atoms with Crippen LogP contribution in [0.15, 0.2) is 35.1 Å². The fourth-order valence-corrected chi connectivity index (χ4v) is 1.78. The topological polar surface area (TPSA) is 38.1 Å². The molecule has 3 nitrogen and oxygen atoms in total. The number of rotatable bonds is 4. The summed E-state index contributed by atoms with van der Waals surface area (Å²) in [7, 11) is 1.94. The van der Waals surface area contributed by atoms with Gasteiger partial charge in [0.05, 0.1) is 5.69 Å². The zero-order chi connectivity index (χ0) is 11.4. The van der Waals surface area contributed by atoms with Gasteiger partial charge in [0, 0.05) is 18.5 Å². The van der Waals surface area contributed by atoms with Crippen molar-refractivity contribution in [2.75, 3.05) is 13.6 Å². The Morgan fingerprint density at radius 1 is 1.25 bits per heavy atom. The van der Waals surface area contributed by atoms with E-state index >= 15 is 0 Å². The number of hydrogen-bond acceptors (Lipinski definition) is 3. The number of benzene rings is 1. The Kier molecular flexibility index (Phi) is 3.37. The van der Waals surface area contributed by atoms with Crippen LogP contribution in [0.1, 0.15) is 11.3 Å². The van der Waals surface area contributed by atoms with Crippen LogP contribution >= 0.6 is 0 Å². The van der Waals surface area contributed by atoms with Crippen molar-refractivity contribution in [2.24, 2.45) is 0 Å². The van der Waals surface area contributed by atoms with E-state index in [1.807, 2.05) is 19.2 Å². The fraction of sp³-hybridized carbons (Fsp3) is 0.308. The number of nitrogens with one attached hydrogen (secondary N) is 1. The van der Waals surface area contributed by atoms with Crippen LogP contribution in [0.4, 0.5) is 0 Å². The molecule has 2 rings (SSSR count). The second kappa shape index (κ2) is 4.94. The molecule has 16 heavy (non-hydrogen) atoms. The van der Waals surface area contributed by atoms with Crippen LogP contribution in [-0.4, -0.2) is 18.7 Å². The van der Waals surface area contributed by atoms with E-state index in [1.54, 1.807) is 6.26 Å². The van der Waals surface area contributed by atoms with E-state index in [2.05, 4.69) is 29.5 Å². The van der Waals surface area contributed by atoms with E-state index in [-0.39, 0.29) is 0 Å². The average Bonchev–Trinajstić information content (AvgIpc) is 2.75. The summed E-state index contributed by atoms with van der Waals surface area (Å²) < 4.78 is 5.07. The van der Waals surface area contributed by atoms with Crippen molar-refractivity contribution in [3.8, 4) is 11.1 Å². The largest absolute Gasteiger partial charge is 0.364 e. The Morgan fingerprint density at radius 3 is 2.81 bits per heavy atom. The van der Waals surface area contributed by atoms with Crippen LogP contribution in [-0.2, 0) is 6.42 Å². The summed E-state index contributed by atoms with van der Waals surface area (Å²) in [5.74, 6) is 0. The summed E-state index contributed by atoms with van der Waals surface area (Å²) in [6.45, 7) is 3.01. The first-order chi connectivity index (χ1) is 7.83. The van der Waals surface area contributed by atoms with E-state index in [9.17, 15) is 0 Å². The Balaban J connectivity index is 2.33. The van der Waals surface area contributed by atoms with E-state index < -0.39 is 0 Å². The molecule has 0 radical (unpaired) electrons. The minimum absolute atomic E-state index is 0.886. The molecule has 0 aliphatic rings. The molecule has 1 aromatic heterocycles. The van der Waals surface area contributed by atoms with Crippen LogP contribution in [0.25, 0.3) is 11.1 Å². The fourth-order valence-electron chi connectivity index (χ4n) is 1.78. The first-order valence-electron chi connectivity index (χ1n) is 5.47. The smallest absolute Gasteiger partial charge is 0.131 e. The molecule has 0 aliphatic heterocycles. The molecule has 0 amide bonds. The second-order valence-corrected chi connectivity index (χ2v) is 3.84. The summed E-state index contributed by atoms with van der Waals surface area (Å²) in [6.07, 6.45) is 2.62. The third kappa shape index (κ3) is 2.14. The second-order valence-electron chi connectivity index (χ2n) is 3.84. The molecule has 1 heterocycles. The first kappa shape index (κ1) is 10.9. The van der Waals surface area contributed by atoms with Crippen LogP contribution in [0.3, 0.4) is 0 Å². The minimum atomic E-state index is 0.886. The summed E-state index contributed by atoms with van der Waals surface area (Å²) in [4.78, 5) is 0. The molecule has 1 N–H and O–H groups in total.